The first-order chi connectivity index (χ1) is 9.95. The van der Waals surface area contributed by atoms with E-state index in [-0.39, 0.29) is 12.0 Å². The number of alkyl halides is 3. The van der Waals surface area contributed by atoms with Gasteiger partial charge in [0.15, 0.2) is 5.85 Å². The minimum Gasteiger partial charge on any atom is -0.480 e. The highest BCUT2D eigenvalue weighted by Gasteiger charge is 2.33. The lowest BCUT2D eigenvalue weighted by atomic mass is 10.1. The number of benzene rings is 1. The lowest BCUT2D eigenvalue weighted by molar-refractivity contribution is -0.139. The predicted octanol–water partition coefficient (Wildman–Crippen LogP) is 1.77. The summed E-state index contributed by atoms with van der Waals surface area (Å²) in [4.78, 5) is 20.3. The number of nitrogens with two attached hydrogens (primary N) is 1. The third-order valence-electron chi connectivity index (χ3n) is 3.00. The molecule has 0 saturated carbocycles. The molecular formula is C12H15F3NO5P. The number of aliphatic carboxylic acids is 1. The summed E-state index contributed by atoms with van der Waals surface area (Å²) in [5.74, 6) is -3.26. The molecule has 0 fully saturated rings. The summed E-state index contributed by atoms with van der Waals surface area (Å²) in [6, 6.07) is 1.80. The standard InChI is InChI=1S/C12H15F3NO5P/c13-12(14,15)8-3-1-7(2-4-8)11(19)22(20,21)6-5-9(16)10(17)18/h1-4,9,11,19H,5-6,16H2,(H,17,18)(H,20,21)/t9-,11?/m0/s1. The molecule has 0 spiro atoms. The van der Waals surface area contributed by atoms with Crippen molar-refractivity contribution in [3.8, 4) is 0 Å². The van der Waals surface area contributed by atoms with Crippen LogP contribution in [0, 0.1) is 0 Å². The maximum atomic E-state index is 12.4. The Balaban J connectivity index is 2.83. The number of aliphatic hydroxyl groups is 1. The van der Waals surface area contributed by atoms with Crippen LogP contribution in [-0.4, -0.2) is 33.3 Å². The monoisotopic (exact) mass is 341 g/mol. The van der Waals surface area contributed by atoms with Crippen molar-refractivity contribution in [3.05, 3.63) is 35.4 Å². The lowest BCUT2D eigenvalue weighted by Crippen LogP contribution is -2.31. The normalized spacial score (nSPS) is 17.5. The van der Waals surface area contributed by atoms with E-state index in [1.165, 1.54) is 0 Å². The summed E-state index contributed by atoms with van der Waals surface area (Å²) in [5.41, 5.74) is 4.07. The van der Waals surface area contributed by atoms with Crippen molar-refractivity contribution < 1.29 is 37.6 Å². The fraction of sp³-hybridized carbons (Fsp3) is 0.417. The third-order valence-corrected chi connectivity index (χ3v) is 4.96. The van der Waals surface area contributed by atoms with Crippen LogP contribution in [0.4, 0.5) is 13.2 Å². The molecule has 0 bridgehead atoms. The number of carboxylic acids is 1. The molecule has 1 aromatic carbocycles. The van der Waals surface area contributed by atoms with Crippen molar-refractivity contribution in [2.75, 3.05) is 6.16 Å². The van der Waals surface area contributed by atoms with Crippen LogP contribution in [0.25, 0.3) is 0 Å². The number of aliphatic hydroxyl groups excluding tert-OH is 1. The molecule has 0 aliphatic carbocycles. The molecule has 0 aliphatic heterocycles. The van der Waals surface area contributed by atoms with Crippen LogP contribution in [0.2, 0.25) is 0 Å². The first-order valence-corrected chi connectivity index (χ1v) is 8.01. The van der Waals surface area contributed by atoms with E-state index >= 15 is 0 Å². The van der Waals surface area contributed by atoms with Crippen LogP contribution in [0.3, 0.4) is 0 Å². The van der Waals surface area contributed by atoms with Crippen LogP contribution in [-0.2, 0) is 15.5 Å². The van der Waals surface area contributed by atoms with Crippen molar-refractivity contribution in [1.29, 1.82) is 0 Å². The summed E-state index contributed by atoms with van der Waals surface area (Å²) in [6.07, 6.45) is -5.47. The second kappa shape index (κ2) is 6.78. The number of rotatable bonds is 6. The van der Waals surface area contributed by atoms with Crippen molar-refractivity contribution in [3.63, 3.8) is 0 Å². The van der Waals surface area contributed by atoms with Crippen molar-refractivity contribution >= 4 is 13.3 Å². The van der Waals surface area contributed by atoms with E-state index in [9.17, 15) is 32.5 Å². The van der Waals surface area contributed by atoms with Crippen molar-refractivity contribution in [2.24, 2.45) is 5.73 Å². The van der Waals surface area contributed by atoms with Gasteiger partial charge in [-0.3, -0.25) is 9.36 Å². The first kappa shape index (κ1) is 18.6. The molecule has 0 heterocycles. The van der Waals surface area contributed by atoms with E-state index in [0.29, 0.717) is 12.1 Å². The highest BCUT2D eigenvalue weighted by Crippen LogP contribution is 2.54. The smallest absolute Gasteiger partial charge is 0.416 e. The van der Waals surface area contributed by atoms with Gasteiger partial charge in [-0.25, -0.2) is 0 Å². The summed E-state index contributed by atoms with van der Waals surface area (Å²) in [6.45, 7) is 0. The Kier molecular flexibility index (Phi) is 5.75. The van der Waals surface area contributed by atoms with Crippen molar-refractivity contribution in [2.45, 2.75) is 24.5 Å². The number of hydrogen-bond acceptors (Lipinski definition) is 4. The average Bonchev–Trinajstić information content (AvgIpc) is 2.43. The third kappa shape index (κ3) is 4.81. The van der Waals surface area contributed by atoms with Gasteiger partial charge < -0.3 is 20.8 Å². The van der Waals surface area contributed by atoms with E-state index < -0.39 is 43.1 Å². The van der Waals surface area contributed by atoms with E-state index in [0.717, 1.165) is 12.1 Å². The molecule has 10 heteroatoms. The Morgan fingerprint density at radius 3 is 2.18 bits per heavy atom. The molecule has 0 saturated heterocycles. The van der Waals surface area contributed by atoms with Gasteiger partial charge in [-0.2, -0.15) is 13.2 Å². The maximum Gasteiger partial charge on any atom is 0.416 e. The molecule has 3 atom stereocenters. The van der Waals surface area contributed by atoms with E-state index in [4.69, 9.17) is 10.8 Å². The number of hydrogen-bond donors (Lipinski definition) is 4. The van der Waals surface area contributed by atoms with Gasteiger partial charge in [0.05, 0.1) is 5.56 Å². The van der Waals surface area contributed by atoms with Crippen LogP contribution in [0.1, 0.15) is 23.4 Å². The van der Waals surface area contributed by atoms with Crippen LogP contribution < -0.4 is 5.73 Å². The number of carboxylic acid groups (broad SMARTS) is 1. The first-order valence-electron chi connectivity index (χ1n) is 6.10. The molecule has 2 unspecified atom stereocenters. The molecule has 1 aromatic rings. The second-order valence-corrected chi connectivity index (χ2v) is 7.15. The van der Waals surface area contributed by atoms with Gasteiger partial charge in [-0.05, 0) is 24.1 Å². The molecular weight excluding hydrogens is 326 g/mol. The van der Waals surface area contributed by atoms with E-state index in [1.54, 1.807) is 0 Å². The summed E-state index contributed by atoms with van der Waals surface area (Å²) in [7, 11) is -4.22. The zero-order valence-electron chi connectivity index (χ0n) is 11.2. The summed E-state index contributed by atoms with van der Waals surface area (Å²) < 4.78 is 49.2. The molecule has 0 aliphatic rings. The fourth-order valence-corrected chi connectivity index (χ4v) is 3.18. The van der Waals surface area contributed by atoms with Crippen LogP contribution >= 0.6 is 7.37 Å². The number of carbonyl (C=O) groups is 1. The van der Waals surface area contributed by atoms with Gasteiger partial charge in [-0.15, -0.1) is 0 Å². The molecule has 6 nitrogen and oxygen atoms in total. The van der Waals surface area contributed by atoms with Gasteiger partial charge in [0.2, 0.25) is 7.37 Å². The van der Waals surface area contributed by atoms with E-state index in [2.05, 4.69) is 0 Å². The minimum absolute atomic E-state index is 0.164. The second-order valence-electron chi connectivity index (χ2n) is 4.71. The van der Waals surface area contributed by atoms with Crippen LogP contribution in [0.15, 0.2) is 24.3 Å². The fourth-order valence-electron chi connectivity index (χ4n) is 1.65. The van der Waals surface area contributed by atoms with Gasteiger partial charge in [0.25, 0.3) is 0 Å². The zero-order valence-corrected chi connectivity index (χ0v) is 12.1. The Labute approximate surface area is 123 Å². The topological polar surface area (TPSA) is 121 Å². The quantitative estimate of drug-likeness (QED) is 0.585. The Morgan fingerprint density at radius 2 is 1.77 bits per heavy atom. The van der Waals surface area contributed by atoms with Crippen LogP contribution in [0.5, 0.6) is 0 Å². The number of halogens is 3. The Hall–Kier alpha value is -1.41. The lowest BCUT2D eigenvalue weighted by Gasteiger charge is -2.20. The predicted molar refractivity (Wildman–Crippen MR) is 71.3 cm³/mol. The van der Waals surface area contributed by atoms with Gasteiger partial charge in [-0.1, -0.05) is 12.1 Å². The average molecular weight is 341 g/mol. The largest absolute Gasteiger partial charge is 0.480 e. The van der Waals surface area contributed by atoms with Crippen molar-refractivity contribution in [1.82, 2.24) is 0 Å². The molecule has 0 amide bonds. The summed E-state index contributed by atoms with van der Waals surface area (Å²) in [5, 5.41) is 18.4. The van der Waals surface area contributed by atoms with Gasteiger partial charge in [0.1, 0.15) is 6.04 Å². The minimum atomic E-state index is -4.55. The van der Waals surface area contributed by atoms with E-state index in [1.807, 2.05) is 0 Å². The molecule has 0 aromatic heterocycles. The molecule has 0 radical (unpaired) electrons. The van der Waals surface area contributed by atoms with Gasteiger partial charge >= 0.3 is 12.1 Å². The highest BCUT2D eigenvalue weighted by atomic mass is 31.2. The molecule has 5 N–H and O–H groups in total. The molecule has 124 valence electrons. The molecule has 22 heavy (non-hydrogen) atoms. The van der Waals surface area contributed by atoms with Gasteiger partial charge in [0, 0.05) is 6.16 Å². The highest BCUT2D eigenvalue weighted by molar-refractivity contribution is 7.58. The molecule has 1 rings (SSSR count). The maximum absolute atomic E-state index is 12.4. The zero-order chi connectivity index (χ0) is 17.1. The Morgan fingerprint density at radius 1 is 1.27 bits per heavy atom. The SMILES string of the molecule is N[C@@H](CCP(=O)(O)C(O)c1ccc(C(F)(F)F)cc1)C(=O)O. The Bertz CT molecular complexity index is 575. The summed E-state index contributed by atoms with van der Waals surface area (Å²) >= 11 is 0.